The summed E-state index contributed by atoms with van der Waals surface area (Å²) in [6.07, 6.45) is 3.09. The Morgan fingerprint density at radius 2 is 2.30 bits per heavy atom. The molecule has 0 fully saturated rings. The van der Waals surface area contributed by atoms with E-state index >= 15 is 0 Å². The van der Waals surface area contributed by atoms with E-state index in [1.165, 1.54) is 13.0 Å². The summed E-state index contributed by atoms with van der Waals surface area (Å²) in [4.78, 5) is 13.9. The van der Waals surface area contributed by atoms with Gasteiger partial charge < -0.3 is 5.32 Å². The molecule has 1 amide bonds. The Kier molecular flexibility index (Phi) is 3.87. The van der Waals surface area contributed by atoms with E-state index in [0.29, 0.717) is 5.82 Å². The largest absolute Gasteiger partial charge is 0.311 e. The number of carbonyl (C=O) groups excluding carboxylic acids is 1. The van der Waals surface area contributed by atoms with Gasteiger partial charge in [-0.1, -0.05) is 12.7 Å². The first kappa shape index (κ1) is 8.62. The number of carbonyl (C=O) groups is 1. The molecule has 0 aromatic carbocycles. The van der Waals surface area contributed by atoms with Gasteiger partial charge in [-0.3, -0.25) is 4.79 Å². The molecule has 0 spiro atoms. The molecule has 0 heterocycles. The molecule has 1 N–H and O–H groups in total. The molecule has 54 valence electrons. The second-order valence-corrected chi connectivity index (χ2v) is 1.63. The van der Waals surface area contributed by atoms with Gasteiger partial charge in [0.2, 0.25) is 5.91 Å². The Bertz CT molecular complexity index is 182. The fourth-order valence-corrected chi connectivity index (χ4v) is 0.426. The van der Waals surface area contributed by atoms with Gasteiger partial charge in [-0.15, -0.1) is 0 Å². The molecule has 0 radical (unpaired) electrons. The number of rotatable bonds is 3. The van der Waals surface area contributed by atoms with Crippen LogP contribution in [0.3, 0.4) is 0 Å². The van der Waals surface area contributed by atoms with Crippen LogP contribution in [0.25, 0.3) is 0 Å². The van der Waals surface area contributed by atoms with Gasteiger partial charge in [0.25, 0.3) is 0 Å². The summed E-state index contributed by atoms with van der Waals surface area (Å²) in [5.41, 5.74) is 0. The number of nitrogens with zero attached hydrogens (tertiary/aromatic N) is 1. The lowest BCUT2D eigenvalue weighted by Gasteiger charge is -1.97. The Hall–Kier alpha value is -1.38. The molecule has 0 aliphatic heterocycles. The number of hydrogen-bond acceptors (Lipinski definition) is 2. The third-order valence-electron chi connectivity index (χ3n) is 0.750. The highest BCUT2D eigenvalue weighted by Crippen LogP contribution is 1.88. The zero-order chi connectivity index (χ0) is 7.98. The Labute approximate surface area is 60.2 Å². The lowest BCUT2D eigenvalue weighted by Crippen LogP contribution is -2.17. The van der Waals surface area contributed by atoms with Crippen molar-refractivity contribution in [1.82, 2.24) is 5.32 Å². The molecule has 0 atom stereocenters. The number of nitrogens with one attached hydrogen (secondary N) is 1. The lowest BCUT2D eigenvalue weighted by atomic mass is 10.5. The summed E-state index contributed by atoms with van der Waals surface area (Å²) >= 11 is 0. The van der Waals surface area contributed by atoms with Gasteiger partial charge in [0.15, 0.2) is 0 Å². The van der Waals surface area contributed by atoms with E-state index in [1.54, 1.807) is 6.08 Å². The van der Waals surface area contributed by atoms with E-state index in [4.69, 9.17) is 0 Å². The maximum absolute atomic E-state index is 10.4. The van der Waals surface area contributed by atoms with Crippen molar-refractivity contribution in [2.24, 2.45) is 4.99 Å². The van der Waals surface area contributed by atoms with Gasteiger partial charge in [0.1, 0.15) is 5.82 Å². The Morgan fingerprint density at radius 1 is 1.70 bits per heavy atom. The summed E-state index contributed by atoms with van der Waals surface area (Å²) in [6.45, 7) is 8.10. The SMILES string of the molecule is C=C/C=C(\N=C)NC(C)=O. The van der Waals surface area contributed by atoms with Crippen molar-refractivity contribution in [3.05, 3.63) is 24.6 Å². The highest BCUT2D eigenvalue weighted by atomic mass is 16.1. The Balaban J connectivity index is 4.08. The van der Waals surface area contributed by atoms with E-state index in [1.807, 2.05) is 0 Å². The second kappa shape index (κ2) is 4.49. The monoisotopic (exact) mass is 138 g/mol. The predicted octanol–water partition coefficient (Wildman–Crippen LogP) is 0.850. The average molecular weight is 138 g/mol. The van der Waals surface area contributed by atoms with Crippen molar-refractivity contribution in [3.63, 3.8) is 0 Å². The average Bonchev–Trinajstić information content (AvgIpc) is 1.86. The number of allylic oxidation sites excluding steroid dienone is 2. The van der Waals surface area contributed by atoms with Crippen LogP contribution in [-0.4, -0.2) is 12.6 Å². The highest BCUT2D eigenvalue weighted by Gasteiger charge is 1.91. The van der Waals surface area contributed by atoms with Crippen LogP contribution in [0, 0.1) is 0 Å². The van der Waals surface area contributed by atoms with Crippen molar-refractivity contribution >= 4 is 12.6 Å². The minimum absolute atomic E-state index is 0.166. The lowest BCUT2D eigenvalue weighted by molar-refractivity contribution is -0.118. The van der Waals surface area contributed by atoms with Crippen molar-refractivity contribution < 1.29 is 4.79 Å². The quantitative estimate of drug-likeness (QED) is 0.456. The highest BCUT2D eigenvalue weighted by molar-refractivity contribution is 5.75. The van der Waals surface area contributed by atoms with Crippen LogP contribution in [0.5, 0.6) is 0 Å². The van der Waals surface area contributed by atoms with Crippen LogP contribution >= 0.6 is 0 Å². The second-order valence-electron chi connectivity index (χ2n) is 1.63. The van der Waals surface area contributed by atoms with Gasteiger partial charge >= 0.3 is 0 Å². The van der Waals surface area contributed by atoms with Gasteiger partial charge in [-0.05, 0) is 12.8 Å². The topological polar surface area (TPSA) is 41.5 Å². The van der Waals surface area contributed by atoms with Gasteiger partial charge in [-0.2, -0.15) is 0 Å². The van der Waals surface area contributed by atoms with Crippen LogP contribution < -0.4 is 5.32 Å². The van der Waals surface area contributed by atoms with E-state index in [9.17, 15) is 4.79 Å². The standard InChI is InChI=1S/C7H10N2O/c1-4-5-7(8-3)9-6(2)10/h4-5H,1,3H2,2H3,(H,9,10)/b7-5+. The molecule has 10 heavy (non-hydrogen) atoms. The summed E-state index contributed by atoms with van der Waals surface area (Å²) < 4.78 is 0. The van der Waals surface area contributed by atoms with Crippen LogP contribution in [0.4, 0.5) is 0 Å². The summed E-state index contributed by atoms with van der Waals surface area (Å²) in [6, 6.07) is 0. The van der Waals surface area contributed by atoms with E-state index in [-0.39, 0.29) is 5.91 Å². The number of amides is 1. The fraction of sp³-hybridized carbons (Fsp3) is 0.143. The van der Waals surface area contributed by atoms with Crippen molar-refractivity contribution in [3.8, 4) is 0 Å². The summed E-state index contributed by atoms with van der Waals surface area (Å²) in [5, 5.41) is 2.45. The molecule has 0 saturated heterocycles. The Morgan fingerprint density at radius 3 is 2.60 bits per heavy atom. The normalized spacial score (nSPS) is 10.3. The predicted molar refractivity (Wildman–Crippen MR) is 41.6 cm³/mol. The molecule has 0 aliphatic rings. The van der Waals surface area contributed by atoms with Gasteiger partial charge in [-0.25, -0.2) is 4.99 Å². The first-order valence-corrected chi connectivity index (χ1v) is 2.77. The minimum Gasteiger partial charge on any atom is -0.311 e. The zero-order valence-corrected chi connectivity index (χ0v) is 5.92. The third kappa shape index (κ3) is 3.60. The van der Waals surface area contributed by atoms with E-state index < -0.39 is 0 Å². The van der Waals surface area contributed by atoms with Crippen molar-refractivity contribution in [2.75, 3.05) is 0 Å². The van der Waals surface area contributed by atoms with Crippen molar-refractivity contribution in [2.45, 2.75) is 6.92 Å². The first-order chi connectivity index (χ1) is 4.70. The van der Waals surface area contributed by atoms with Crippen LogP contribution in [0.2, 0.25) is 0 Å². The molecule has 0 saturated carbocycles. The molecule has 0 unspecified atom stereocenters. The van der Waals surface area contributed by atoms with Crippen LogP contribution in [0.15, 0.2) is 29.5 Å². The number of hydrogen-bond donors (Lipinski definition) is 1. The molecule has 0 aromatic rings. The summed E-state index contributed by atoms with van der Waals surface area (Å²) in [5.74, 6) is 0.253. The maximum atomic E-state index is 10.4. The molecule has 3 nitrogen and oxygen atoms in total. The van der Waals surface area contributed by atoms with Crippen molar-refractivity contribution in [1.29, 1.82) is 0 Å². The summed E-state index contributed by atoms with van der Waals surface area (Å²) in [7, 11) is 0. The van der Waals surface area contributed by atoms with Crippen LogP contribution in [0.1, 0.15) is 6.92 Å². The zero-order valence-electron chi connectivity index (χ0n) is 5.92. The molecular formula is C7H10N2O. The number of aliphatic imine (C=N–C) groups is 1. The molecule has 0 rings (SSSR count). The molecule has 0 aromatic heterocycles. The fourth-order valence-electron chi connectivity index (χ4n) is 0.426. The van der Waals surface area contributed by atoms with Gasteiger partial charge in [0, 0.05) is 6.92 Å². The first-order valence-electron chi connectivity index (χ1n) is 2.77. The van der Waals surface area contributed by atoms with Gasteiger partial charge in [0.05, 0.1) is 0 Å². The molecule has 0 aliphatic carbocycles. The smallest absolute Gasteiger partial charge is 0.222 e. The molecule has 0 bridgehead atoms. The van der Waals surface area contributed by atoms with E-state index in [2.05, 4.69) is 23.6 Å². The minimum atomic E-state index is -0.166. The maximum Gasteiger partial charge on any atom is 0.222 e. The molecular weight excluding hydrogens is 128 g/mol. The third-order valence-corrected chi connectivity index (χ3v) is 0.750. The van der Waals surface area contributed by atoms with E-state index in [0.717, 1.165) is 0 Å². The molecule has 3 heteroatoms. The van der Waals surface area contributed by atoms with Crippen LogP contribution in [-0.2, 0) is 4.79 Å².